The van der Waals surface area contributed by atoms with Crippen molar-refractivity contribution < 1.29 is 0 Å². The van der Waals surface area contributed by atoms with Crippen molar-refractivity contribution in [1.82, 2.24) is 24.8 Å². The second-order valence-electron chi connectivity index (χ2n) is 8.42. The summed E-state index contributed by atoms with van der Waals surface area (Å²) >= 11 is 0. The standard InChI is InChI=1S/C23H30N6/c1-24-20-10-13-28(17-20)23-14-22-25-11-9-21(29(22)26-23)19-8-5-12-27(16-19)15-18-6-3-2-4-7-18/h2-4,6-7,9,11,14,19-20,24H,5,8,10,12-13,15-17H2,1H3/t19-,20+/m0/s1. The van der Waals surface area contributed by atoms with Crippen LogP contribution in [0, 0.1) is 0 Å². The third-order valence-electron chi connectivity index (χ3n) is 6.47. The van der Waals surface area contributed by atoms with E-state index >= 15 is 0 Å². The molecule has 0 unspecified atom stereocenters. The first kappa shape index (κ1) is 18.6. The van der Waals surface area contributed by atoms with E-state index in [1.807, 2.05) is 13.2 Å². The number of hydrogen-bond donors (Lipinski definition) is 1. The lowest BCUT2D eigenvalue weighted by Crippen LogP contribution is -2.34. The Labute approximate surface area is 172 Å². The van der Waals surface area contributed by atoms with Gasteiger partial charge < -0.3 is 10.2 Å². The topological polar surface area (TPSA) is 48.7 Å². The van der Waals surface area contributed by atoms with E-state index in [4.69, 9.17) is 5.10 Å². The number of anilines is 1. The van der Waals surface area contributed by atoms with Crippen LogP contribution in [0.5, 0.6) is 0 Å². The molecule has 2 fully saturated rings. The third kappa shape index (κ3) is 3.87. The Bertz CT molecular complexity index is 952. The lowest BCUT2D eigenvalue weighted by Gasteiger charge is -2.33. The van der Waals surface area contributed by atoms with Crippen molar-refractivity contribution in [3.8, 4) is 0 Å². The van der Waals surface area contributed by atoms with E-state index in [-0.39, 0.29) is 0 Å². The largest absolute Gasteiger partial charge is 0.353 e. The van der Waals surface area contributed by atoms with Crippen LogP contribution in [0.4, 0.5) is 5.82 Å². The molecule has 152 valence electrons. The second kappa shape index (κ2) is 8.13. The highest BCUT2D eigenvalue weighted by Crippen LogP contribution is 2.29. The quantitative estimate of drug-likeness (QED) is 0.726. The van der Waals surface area contributed by atoms with Crippen molar-refractivity contribution in [2.45, 2.75) is 37.8 Å². The molecule has 1 aromatic carbocycles. The third-order valence-corrected chi connectivity index (χ3v) is 6.47. The zero-order chi connectivity index (χ0) is 19.6. The van der Waals surface area contributed by atoms with Crippen molar-refractivity contribution in [3.63, 3.8) is 0 Å². The number of rotatable bonds is 5. The zero-order valence-electron chi connectivity index (χ0n) is 17.2. The van der Waals surface area contributed by atoms with Crippen LogP contribution < -0.4 is 10.2 Å². The first-order valence-electron chi connectivity index (χ1n) is 10.8. The van der Waals surface area contributed by atoms with E-state index in [0.717, 1.165) is 37.6 Å². The van der Waals surface area contributed by atoms with Crippen molar-refractivity contribution in [1.29, 1.82) is 0 Å². The molecule has 2 aromatic heterocycles. The first-order chi connectivity index (χ1) is 14.3. The van der Waals surface area contributed by atoms with Gasteiger partial charge in [0.05, 0.1) is 5.69 Å². The van der Waals surface area contributed by atoms with Crippen LogP contribution in [0.3, 0.4) is 0 Å². The van der Waals surface area contributed by atoms with Gasteiger partial charge in [-0.25, -0.2) is 9.50 Å². The maximum atomic E-state index is 4.98. The number of piperidine rings is 1. The predicted molar refractivity (Wildman–Crippen MR) is 116 cm³/mol. The molecule has 29 heavy (non-hydrogen) atoms. The summed E-state index contributed by atoms with van der Waals surface area (Å²) in [5.74, 6) is 1.55. The Morgan fingerprint density at radius 3 is 2.79 bits per heavy atom. The highest BCUT2D eigenvalue weighted by Gasteiger charge is 2.26. The molecule has 2 aliphatic heterocycles. The minimum Gasteiger partial charge on any atom is -0.353 e. The second-order valence-corrected chi connectivity index (χ2v) is 8.42. The molecule has 2 aliphatic rings. The van der Waals surface area contributed by atoms with Crippen LogP contribution in [-0.4, -0.2) is 58.8 Å². The van der Waals surface area contributed by atoms with Gasteiger partial charge in [-0.05, 0) is 44.5 Å². The van der Waals surface area contributed by atoms with Crippen LogP contribution in [-0.2, 0) is 6.54 Å². The number of benzene rings is 1. The minimum absolute atomic E-state index is 0.495. The molecule has 1 N–H and O–H groups in total. The van der Waals surface area contributed by atoms with E-state index in [0.29, 0.717) is 12.0 Å². The monoisotopic (exact) mass is 390 g/mol. The van der Waals surface area contributed by atoms with Crippen molar-refractivity contribution >= 4 is 11.5 Å². The number of hydrogen-bond acceptors (Lipinski definition) is 5. The molecule has 0 aliphatic carbocycles. The summed E-state index contributed by atoms with van der Waals surface area (Å²) in [6.07, 6.45) is 5.56. The summed E-state index contributed by atoms with van der Waals surface area (Å²) in [4.78, 5) is 9.56. The zero-order valence-corrected chi connectivity index (χ0v) is 17.2. The van der Waals surface area contributed by atoms with Gasteiger partial charge in [0.15, 0.2) is 11.5 Å². The smallest absolute Gasteiger partial charge is 0.157 e. The van der Waals surface area contributed by atoms with Gasteiger partial charge >= 0.3 is 0 Å². The summed E-state index contributed by atoms with van der Waals surface area (Å²) < 4.78 is 2.10. The molecule has 2 atom stereocenters. The van der Waals surface area contributed by atoms with Gasteiger partial charge in [0.25, 0.3) is 0 Å². The molecular weight excluding hydrogens is 360 g/mol. The summed E-state index contributed by atoms with van der Waals surface area (Å²) in [6, 6.07) is 15.7. The molecule has 4 heterocycles. The normalized spacial score (nSPS) is 23.1. The Balaban J connectivity index is 1.36. The maximum absolute atomic E-state index is 4.98. The van der Waals surface area contributed by atoms with Crippen LogP contribution in [0.15, 0.2) is 48.7 Å². The van der Waals surface area contributed by atoms with Crippen molar-refractivity contribution in [2.24, 2.45) is 0 Å². The predicted octanol–water partition coefficient (Wildman–Crippen LogP) is 2.91. The molecule has 0 bridgehead atoms. The number of likely N-dealkylation sites (N-methyl/N-ethyl adjacent to an activating group) is 1. The molecule has 0 amide bonds. The lowest BCUT2D eigenvalue weighted by atomic mass is 9.94. The van der Waals surface area contributed by atoms with Gasteiger partial charge in [0, 0.05) is 50.4 Å². The molecule has 0 spiro atoms. The summed E-state index contributed by atoms with van der Waals surface area (Å²) in [7, 11) is 2.04. The van der Waals surface area contributed by atoms with E-state index < -0.39 is 0 Å². The average molecular weight is 391 g/mol. The van der Waals surface area contributed by atoms with Crippen LogP contribution in [0.2, 0.25) is 0 Å². The summed E-state index contributed by atoms with van der Waals surface area (Å²) in [5.41, 5.74) is 3.65. The lowest BCUT2D eigenvalue weighted by molar-refractivity contribution is 0.197. The van der Waals surface area contributed by atoms with E-state index in [1.54, 1.807) is 0 Å². The molecule has 3 aromatic rings. The van der Waals surface area contributed by atoms with E-state index in [2.05, 4.69) is 67.1 Å². The van der Waals surface area contributed by atoms with Gasteiger partial charge in [-0.3, -0.25) is 4.90 Å². The maximum Gasteiger partial charge on any atom is 0.157 e. The Morgan fingerprint density at radius 2 is 1.97 bits per heavy atom. The van der Waals surface area contributed by atoms with Gasteiger partial charge in [-0.1, -0.05) is 30.3 Å². The minimum atomic E-state index is 0.495. The molecule has 0 radical (unpaired) electrons. The van der Waals surface area contributed by atoms with Crippen LogP contribution in [0.1, 0.15) is 36.4 Å². The van der Waals surface area contributed by atoms with Crippen molar-refractivity contribution in [3.05, 3.63) is 59.9 Å². The van der Waals surface area contributed by atoms with Crippen LogP contribution in [0.25, 0.3) is 5.65 Å². The van der Waals surface area contributed by atoms with Gasteiger partial charge in [0.1, 0.15) is 0 Å². The van der Waals surface area contributed by atoms with Gasteiger partial charge in [0.2, 0.25) is 0 Å². The Hall–Kier alpha value is -2.44. The van der Waals surface area contributed by atoms with Gasteiger partial charge in [-0.2, -0.15) is 0 Å². The van der Waals surface area contributed by atoms with Gasteiger partial charge in [-0.15, -0.1) is 5.10 Å². The van der Waals surface area contributed by atoms with Crippen molar-refractivity contribution in [2.75, 3.05) is 38.1 Å². The Kier molecular flexibility index (Phi) is 5.21. The first-order valence-corrected chi connectivity index (χ1v) is 10.8. The highest BCUT2D eigenvalue weighted by molar-refractivity contribution is 5.53. The number of nitrogens with zero attached hydrogens (tertiary/aromatic N) is 5. The fourth-order valence-corrected chi connectivity index (χ4v) is 4.85. The molecule has 6 nitrogen and oxygen atoms in total. The summed E-state index contributed by atoms with van der Waals surface area (Å²) in [6.45, 7) is 5.34. The number of aromatic nitrogens is 3. The number of nitrogens with one attached hydrogen (secondary N) is 1. The van der Waals surface area contributed by atoms with Crippen LogP contribution >= 0.6 is 0 Å². The molecule has 0 saturated carbocycles. The number of fused-ring (bicyclic) bond motifs is 1. The molecule has 2 saturated heterocycles. The van der Waals surface area contributed by atoms with E-state index in [9.17, 15) is 0 Å². The Morgan fingerprint density at radius 1 is 1.07 bits per heavy atom. The fourth-order valence-electron chi connectivity index (χ4n) is 4.85. The molecule has 5 rings (SSSR count). The molecular formula is C23H30N6. The highest BCUT2D eigenvalue weighted by atomic mass is 15.4. The molecule has 6 heteroatoms. The van der Waals surface area contributed by atoms with E-state index in [1.165, 1.54) is 37.1 Å². The SMILES string of the molecule is CN[C@@H]1CCN(c2cc3nccc([C@H]4CCCN(Cc5ccccc5)C4)n3n2)C1. The average Bonchev–Trinajstić information content (AvgIpc) is 3.41. The summed E-state index contributed by atoms with van der Waals surface area (Å²) in [5, 5.41) is 8.37. The fraction of sp³-hybridized carbons (Fsp3) is 0.478. The number of likely N-dealkylation sites (tertiary alicyclic amines) is 1.